The number of carbonyl (C=O) groups is 2. The number of hydrogen-bond donors (Lipinski definition) is 2. The molecule has 0 radical (unpaired) electrons. The van der Waals surface area contributed by atoms with Crippen molar-refractivity contribution in [1.29, 1.82) is 0 Å². The molecule has 228 valence electrons. The van der Waals surface area contributed by atoms with Crippen LogP contribution in [0.3, 0.4) is 0 Å². The number of amides is 2. The molecule has 3 atom stereocenters. The van der Waals surface area contributed by atoms with E-state index < -0.39 is 30.5 Å². The Morgan fingerprint density at radius 3 is 2.45 bits per heavy atom. The summed E-state index contributed by atoms with van der Waals surface area (Å²) in [7, 11) is 3.16. The molecule has 12 heteroatoms. The molecule has 3 unspecified atom stereocenters. The Hall–Kier alpha value is -2.72. The number of carbonyl (C=O) groups excluding carboxylic acids is 2. The molecule has 10 nitrogen and oxygen atoms in total. The predicted molar refractivity (Wildman–Crippen MR) is 166 cm³/mol. The molecule has 0 bridgehead atoms. The maximum Gasteiger partial charge on any atom is 0.494 e. The van der Waals surface area contributed by atoms with Crippen LogP contribution in [0.4, 0.5) is 4.79 Å². The van der Waals surface area contributed by atoms with Crippen LogP contribution >= 0.6 is 8.58 Å². The SMILES string of the molecule is COCCP/C=C1/CC(c2ncc(-c3ccc(B4OC(C)(C)C(C)(C)O4)cc3)[nH]2)N(C(=O)C(NC(=O)OC)C(C)C)C1. The Kier molecular flexibility index (Phi) is 10.2. The minimum Gasteiger partial charge on any atom is -0.453 e. The van der Waals surface area contributed by atoms with Crippen LogP contribution in [0.2, 0.25) is 0 Å². The second-order valence-electron chi connectivity index (χ2n) is 12.2. The van der Waals surface area contributed by atoms with Crippen molar-refractivity contribution in [1.82, 2.24) is 20.2 Å². The van der Waals surface area contributed by atoms with Gasteiger partial charge in [0.15, 0.2) is 0 Å². The fraction of sp³-hybridized carbons (Fsp3) is 0.567. The number of rotatable bonds is 10. The predicted octanol–water partition coefficient (Wildman–Crippen LogP) is 4.24. The Morgan fingerprint density at radius 2 is 1.86 bits per heavy atom. The zero-order chi connectivity index (χ0) is 30.7. The molecule has 1 aromatic carbocycles. The Balaban J connectivity index is 1.55. The van der Waals surface area contributed by atoms with Gasteiger partial charge in [-0.2, -0.15) is 0 Å². The summed E-state index contributed by atoms with van der Waals surface area (Å²) in [5.74, 6) is 2.64. The first kappa shape index (κ1) is 32.2. The molecule has 2 aliphatic rings. The molecule has 2 aliphatic heterocycles. The van der Waals surface area contributed by atoms with Gasteiger partial charge in [-0.25, -0.2) is 9.78 Å². The van der Waals surface area contributed by atoms with Crippen molar-refractivity contribution in [2.45, 2.75) is 71.2 Å². The molecule has 2 aromatic rings. The molecular formula is C30H44BN4O6P. The van der Waals surface area contributed by atoms with Gasteiger partial charge in [0, 0.05) is 13.7 Å². The van der Waals surface area contributed by atoms with E-state index >= 15 is 0 Å². The molecule has 4 rings (SSSR count). The molecule has 0 spiro atoms. The number of hydrogen-bond acceptors (Lipinski definition) is 7. The molecule has 1 aromatic heterocycles. The molecule has 2 saturated heterocycles. The quantitative estimate of drug-likeness (QED) is 0.239. The van der Waals surface area contributed by atoms with Gasteiger partial charge in [0.25, 0.3) is 0 Å². The first-order valence-corrected chi connectivity index (χ1v) is 15.7. The molecule has 2 amide bonds. The van der Waals surface area contributed by atoms with Crippen LogP contribution in [-0.4, -0.2) is 84.8 Å². The van der Waals surface area contributed by atoms with Gasteiger partial charge < -0.3 is 34.0 Å². The number of methoxy groups -OCH3 is 2. The van der Waals surface area contributed by atoms with Crippen molar-refractivity contribution in [2.24, 2.45) is 5.92 Å². The average molecular weight is 598 g/mol. The van der Waals surface area contributed by atoms with Gasteiger partial charge in [0.2, 0.25) is 5.91 Å². The Bertz CT molecular complexity index is 1260. The third-order valence-corrected chi connectivity index (χ3v) is 9.40. The molecule has 0 aliphatic carbocycles. The van der Waals surface area contributed by atoms with Gasteiger partial charge in [0.05, 0.1) is 42.9 Å². The number of H-pyrrole nitrogens is 1. The summed E-state index contributed by atoms with van der Waals surface area (Å²) >= 11 is 0. The van der Waals surface area contributed by atoms with Crippen LogP contribution < -0.4 is 10.8 Å². The van der Waals surface area contributed by atoms with Crippen LogP contribution in [0, 0.1) is 5.92 Å². The highest BCUT2D eigenvalue weighted by molar-refractivity contribution is 7.41. The monoisotopic (exact) mass is 598 g/mol. The van der Waals surface area contributed by atoms with E-state index in [2.05, 4.69) is 16.1 Å². The number of likely N-dealkylation sites (tertiary alicyclic amines) is 1. The molecular weight excluding hydrogens is 554 g/mol. The summed E-state index contributed by atoms with van der Waals surface area (Å²) in [5, 5.41) is 2.72. The van der Waals surface area contributed by atoms with Crippen LogP contribution in [0.5, 0.6) is 0 Å². The van der Waals surface area contributed by atoms with Gasteiger partial charge in [-0.1, -0.05) is 52.5 Å². The van der Waals surface area contributed by atoms with E-state index in [0.717, 1.165) is 22.9 Å². The molecule has 2 N–H and O–H groups in total. The van der Waals surface area contributed by atoms with Gasteiger partial charge in [-0.05, 0) is 62.8 Å². The number of alkyl carbamates (subject to hydrolysis) is 1. The normalized spacial score (nSPS) is 21.5. The van der Waals surface area contributed by atoms with Crippen LogP contribution in [-0.2, 0) is 23.6 Å². The first-order chi connectivity index (χ1) is 19.9. The van der Waals surface area contributed by atoms with Crippen LogP contribution in [0.15, 0.2) is 41.9 Å². The lowest BCUT2D eigenvalue weighted by atomic mass is 9.79. The van der Waals surface area contributed by atoms with Crippen molar-refractivity contribution in [2.75, 3.05) is 33.5 Å². The summed E-state index contributed by atoms with van der Waals surface area (Å²) in [6, 6.07) is 7.06. The van der Waals surface area contributed by atoms with E-state index in [1.807, 2.05) is 70.7 Å². The summed E-state index contributed by atoms with van der Waals surface area (Å²) < 4.78 is 22.4. The van der Waals surface area contributed by atoms with E-state index in [1.54, 1.807) is 13.3 Å². The largest absolute Gasteiger partial charge is 0.494 e. The number of aromatic nitrogens is 2. The fourth-order valence-corrected chi connectivity index (χ4v) is 6.00. The van der Waals surface area contributed by atoms with Gasteiger partial charge in [-0.15, -0.1) is 0 Å². The summed E-state index contributed by atoms with van der Waals surface area (Å²) in [6.07, 6.45) is 2.78. The lowest BCUT2D eigenvalue weighted by molar-refractivity contribution is -0.135. The van der Waals surface area contributed by atoms with E-state index in [-0.39, 0.29) is 17.9 Å². The molecule has 0 saturated carbocycles. The smallest absolute Gasteiger partial charge is 0.453 e. The highest BCUT2D eigenvalue weighted by Crippen LogP contribution is 2.38. The standard InChI is InChI=1S/C30H44BN4O6P/c1-19(2)25(34-28(37)39-8)27(36)35-17-20(18-42-14-13-38-7)15-24(35)26-32-16-23(33-26)21-9-11-22(12-10-21)31-40-29(3,4)30(5,6)41-31/h9-12,16,18-19,24-25,42H,13-15,17H2,1-8H3,(H,32,33)(H,34,37)/b20-18-. The third-order valence-electron chi connectivity index (χ3n) is 8.29. The van der Waals surface area contributed by atoms with Crippen molar-refractivity contribution < 1.29 is 28.4 Å². The van der Waals surface area contributed by atoms with Crippen molar-refractivity contribution >= 4 is 33.2 Å². The zero-order valence-electron chi connectivity index (χ0n) is 25.9. The highest BCUT2D eigenvalue weighted by atomic mass is 31.1. The minimum absolute atomic E-state index is 0.122. The Morgan fingerprint density at radius 1 is 1.19 bits per heavy atom. The second-order valence-corrected chi connectivity index (χ2v) is 13.4. The van der Waals surface area contributed by atoms with Gasteiger partial charge >= 0.3 is 13.2 Å². The molecule has 2 fully saturated rings. The average Bonchev–Trinajstić information content (AvgIpc) is 3.65. The number of nitrogens with zero attached hydrogens (tertiary/aromatic N) is 2. The van der Waals surface area contributed by atoms with Crippen molar-refractivity contribution in [3.63, 3.8) is 0 Å². The number of aromatic amines is 1. The summed E-state index contributed by atoms with van der Waals surface area (Å²) in [4.78, 5) is 35.9. The number of benzene rings is 1. The number of ether oxygens (including phenoxy) is 2. The maximum atomic E-state index is 13.8. The highest BCUT2D eigenvalue weighted by Gasteiger charge is 2.51. The minimum atomic E-state index is -0.716. The van der Waals surface area contributed by atoms with Crippen molar-refractivity contribution in [3.8, 4) is 11.3 Å². The van der Waals surface area contributed by atoms with Crippen LogP contribution in [0.1, 0.15) is 59.8 Å². The van der Waals surface area contributed by atoms with E-state index in [1.165, 1.54) is 12.7 Å². The Labute approximate surface area is 251 Å². The third kappa shape index (κ3) is 7.08. The van der Waals surface area contributed by atoms with Gasteiger partial charge in [-0.3, -0.25) is 4.79 Å². The first-order valence-electron chi connectivity index (χ1n) is 14.4. The second kappa shape index (κ2) is 13.3. The zero-order valence-corrected chi connectivity index (χ0v) is 26.9. The fourth-order valence-electron chi connectivity index (χ4n) is 5.04. The van der Waals surface area contributed by atoms with E-state index in [9.17, 15) is 9.59 Å². The number of imidazole rings is 1. The molecule has 42 heavy (non-hydrogen) atoms. The lowest BCUT2D eigenvalue weighted by Gasteiger charge is -2.32. The summed E-state index contributed by atoms with van der Waals surface area (Å²) in [5.41, 5.74) is 3.13. The van der Waals surface area contributed by atoms with Crippen LogP contribution in [0.25, 0.3) is 11.3 Å². The summed E-state index contributed by atoms with van der Waals surface area (Å²) in [6.45, 7) is 13.2. The topological polar surface area (TPSA) is 115 Å². The maximum absolute atomic E-state index is 13.8. The van der Waals surface area contributed by atoms with Gasteiger partial charge in [0.1, 0.15) is 11.9 Å². The van der Waals surface area contributed by atoms with Crippen molar-refractivity contribution in [3.05, 3.63) is 47.7 Å². The van der Waals surface area contributed by atoms with E-state index in [0.29, 0.717) is 34.0 Å². The number of nitrogens with one attached hydrogen (secondary N) is 2. The lowest BCUT2D eigenvalue weighted by Crippen LogP contribution is -2.51. The molecule has 3 heterocycles. The van der Waals surface area contributed by atoms with E-state index in [4.69, 9.17) is 23.8 Å².